The summed E-state index contributed by atoms with van der Waals surface area (Å²) in [6.07, 6.45) is -0.636. The summed E-state index contributed by atoms with van der Waals surface area (Å²) >= 11 is 11.9. The van der Waals surface area contributed by atoms with Gasteiger partial charge in [-0.2, -0.15) is 0 Å². The molecule has 0 aliphatic carbocycles. The third kappa shape index (κ3) is 4.07. The highest BCUT2D eigenvalue weighted by atomic mass is 35.5. The Hall–Kier alpha value is -0.390. The number of benzene rings is 1. The number of hydrogen-bond donors (Lipinski definition) is 2. The molecule has 3 nitrogen and oxygen atoms in total. The highest BCUT2D eigenvalue weighted by Crippen LogP contribution is 2.32. The van der Waals surface area contributed by atoms with Crippen molar-refractivity contribution in [3.8, 4) is 0 Å². The summed E-state index contributed by atoms with van der Waals surface area (Å²) in [7, 11) is 1.51. The second-order valence-corrected chi connectivity index (χ2v) is 4.78. The predicted molar refractivity (Wildman–Crippen MR) is 70.7 cm³/mol. The molecule has 0 aromatic heterocycles. The molecule has 0 amide bonds. The third-order valence-electron chi connectivity index (χ3n) is 2.53. The maximum Gasteiger partial charge on any atom is 0.142 e. The molecule has 6 heteroatoms. The average molecular weight is 296 g/mol. The van der Waals surface area contributed by atoms with E-state index >= 15 is 0 Å². The van der Waals surface area contributed by atoms with Crippen LogP contribution in [0.3, 0.4) is 0 Å². The van der Waals surface area contributed by atoms with Gasteiger partial charge in [0.15, 0.2) is 0 Å². The Morgan fingerprint density at radius 1 is 1.44 bits per heavy atom. The first-order valence-corrected chi connectivity index (χ1v) is 6.26. The molecule has 102 valence electrons. The standard InChI is InChI=1S/C12H16Cl2FNO2/c1-7(16-5-8(17)6-18-2)11-9(13)3-4-10(15)12(11)14/h3-4,7-8,16-17H,5-6H2,1-2H3/t7?,8-/m0/s1. The molecule has 2 atom stereocenters. The van der Waals surface area contributed by atoms with E-state index in [4.69, 9.17) is 27.9 Å². The van der Waals surface area contributed by atoms with Crippen LogP contribution in [-0.2, 0) is 4.74 Å². The molecule has 0 fully saturated rings. The zero-order chi connectivity index (χ0) is 13.7. The van der Waals surface area contributed by atoms with Gasteiger partial charge in [0.2, 0.25) is 0 Å². The van der Waals surface area contributed by atoms with E-state index in [9.17, 15) is 9.50 Å². The molecule has 0 spiro atoms. The van der Waals surface area contributed by atoms with Gasteiger partial charge >= 0.3 is 0 Å². The molecule has 0 bridgehead atoms. The number of aliphatic hydroxyl groups is 1. The molecule has 0 saturated carbocycles. The molecule has 1 unspecified atom stereocenters. The van der Waals surface area contributed by atoms with E-state index in [0.29, 0.717) is 17.1 Å². The Morgan fingerprint density at radius 3 is 2.72 bits per heavy atom. The van der Waals surface area contributed by atoms with Crippen LogP contribution in [0.25, 0.3) is 0 Å². The van der Waals surface area contributed by atoms with Gasteiger partial charge in [0.25, 0.3) is 0 Å². The summed E-state index contributed by atoms with van der Waals surface area (Å²) in [5.41, 5.74) is 0.489. The second-order valence-electron chi connectivity index (χ2n) is 4.00. The van der Waals surface area contributed by atoms with Crippen LogP contribution in [0.15, 0.2) is 12.1 Å². The maximum atomic E-state index is 13.4. The smallest absolute Gasteiger partial charge is 0.142 e. The van der Waals surface area contributed by atoms with Crippen molar-refractivity contribution in [3.63, 3.8) is 0 Å². The van der Waals surface area contributed by atoms with Gasteiger partial charge in [0.05, 0.1) is 17.7 Å². The Balaban J connectivity index is 2.72. The highest BCUT2D eigenvalue weighted by Gasteiger charge is 2.17. The van der Waals surface area contributed by atoms with Crippen LogP contribution in [0, 0.1) is 5.82 Å². The minimum absolute atomic E-state index is 0.00345. The Morgan fingerprint density at radius 2 is 2.11 bits per heavy atom. The minimum atomic E-state index is -0.636. The molecular weight excluding hydrogens is 280 g/mol. The third-order valence-corrected chi connectivity index (χ3v) is 3.24. The lowest BCUT2D eigenvalue weighted by Gasteiger charge is -2.19. The molecule has 0 saturated heterocycles. The van der Waals surface area contributed by atoms with Gasteiger partial charge in [-0.05, 0) is 19.1 Å². The lowest BCUT2D eigenvalue weighted by Crippen LogP contribution is -2.32. The number of ether oxygens (including phenoxy) is 1. The number of halogens is 3. The molecule has 0 aliphatic rings. The van der Waals surface area contributed by atoms with Crippen LogP contribution < -0.4 is 5.32 Å². The predicted octanol–water partition coefficient (Wildman–Crippen LogP) is 2.79. The summed E-state index contributed by atoms with van der Waals surface area (Å²) in [5.74, 6) is -0.512. The van der Waals surface area contributed by atoms with E-state index in [-0.39, 0.29) is 17.7 Å². The Labute approximate surface area is 116 Å². The van der Waals surface area contributed by atoms with Gasteiger partial charge in [-0.3, -0.25) is 0 Å². The van der Waals surface area contributed by atoms with Crippen molar-refractivity contribution in [2.24, 2.45) is 0 Å². The fraction of sp³-hybridized carbons (Fsp3) is 0.500. The SMILES string of the molecule is COC[C@@H](O)CNC(C)c1c(Cl)ccc(F)c1Cl. The summed E-state index contributed by atoms with van der Waals surface area (Å²) in [4.78, 5) is 0. The first-order chi connectivity index (χ1) is 8.47. The quantitative estimate of drug-likeness (QED) is 0.793. The zero-order valence-electron chi connectivity index (χ0n) is 10.2. The summed E-state index contributed by atoms with van der Waals surface area (Å²) < 4.78 is 18.2. The monoisotopic (exact) mass is 295 g/mol. The van der Waals surface area contributed by atoms with Gasteiger partial charge in [-0.1, -0.05) is 23.2 Å². The summed E-state index contributed by atoms with van der Waals surface area (Å²) in [5, 5.41) is 12.9. The van der Waals surface area contributed by atoms with Crippen molar-refractivity contribution in [1.82, 2.24) is 5.32 Å². The summed E-state index contributed by atoms with van der Waals surface area (Å²) in [6.45, 7) is 2.33. The molecule has 2 N–H and O–H groups in total. The maximum absolute atomic E-state index is 13.4. The van der Waals surface area contributed by atoms with Crippen molar-refractivity contribution < 1.29 is 14.2 Å². The van der Waals surface area contributed by atoms with E-state index in [1.807, 2.05) is 0 Å². The van der Waals surface area contributed by atoms with Gasteiger partial charge in [0.1, 0.15) is 5.82 Å². The number of aliphatic hydroxyl groups excluding tert-OH is 1. The fourth-order valence-electron chi connectivity index (χ4n) is 1.61. The Bertz CT molecular complexity index is 404. The van der Waals surface area contributed by atoms with Crippen LogP contribution in [0.4, 0.5) is 4.39 Å². The molecule has 0 aliphatic heterocycles. The molecular formula is C12H16Cl2FNO2. The van der Waals surface area contributed by atoms with Gasteiger partial charge in [-0.15, -0.1) is 0 Å². The first-order valence-electron chi connectivity index (χ1n) is 5.51. The fourth-order valence-corrected chi connectivity index (χ4v) is 2.30. The van der Waals surface area contributed by atoms with E-state index in [0.717, 1.165) is 0 Å². The first kappa shape index (κ1) is 15.7. The van der Waals surface area contributed by atoms with Crippen molar-refractivity contribution >= 4 is 23.2 Å². The van der Waals surface area contributed by atoms with Crippen LogP contribution in [0.1, 0.15) is 18.5 Å². The van der Waals surface area contributed by atoms with Gasteiger partial charge in [-0.25, -0.2) is 4.39 Å². The van der Waals surface area contributed by atoms with Crippen molar-refractivity contribution in [3.05, 3.63) is 33.6 Å². The van der Waals surface area contributed by atoms with E-state index in [1.54, 1.807) is 6.92 Å². The largest absolute Gasteiger partial charge is 0.389 e. The molecule has 18 heavy (non-hydrogen) atoms. The summed E-state index contributed by atoms with van der Waals surface area (Å²) in [6, 6.07) is 2.41. The molecule has 1 rings (SSSR count). The molecule has 0 radical (unpaired) electrons. The average Bonchev–Trinajstić information content (AvgIpc) is 2.32. The van der Waals surface area contributed by atoms with Crippen LogP contribution in [0.5, 0.6) is 0 Å². The number of methoxy groups -OCH3 is 1. The Kier molecular flexibility index (Phi) is 6.32. The minimum Gasteiger partial charge on any atom is -0.389 e. The van der Waals surface area contributed by atoms with Crippen LogP contribution in [-0.4, -0.2) is 31.5 Å². The van der Waals surface area contributed by atoms with Gasteiger partial charge in [0, 0.05) is 30.3 Å². The van der Waals surface area contributed by atoms with Gasteiger partial charge < -0.3 is 15.2 Å². The number of hydrogen-bond acceptors (Lipinski definition) is 3. The van der Waals surface area contributed by atoms with E-state index in [1.165, 1.54) is 19.2 Å². The second kappa shape index (κ2) is 7.26. The van der Waals surface area contributed by atoms with Crippen molar-refractivity contribution in [1.29, 1.82) is 0 Å². The number of rotatable bonds is 6. The van der Waals surface area contributed by atoms with Crippen LogP contribution in [0.2, 0.25) is 10.0 Å². The lowest BCUT2D eigenvalue weighted by atomic mass is 10.1. The highest BCUT2D eigenvalue weighted by molar-refractivity contribution is 6.36. The molecule has 0 heterocycles. The van der Waals surface area contributed by atoms with Crippen LogP contribution >= 0.6 is 23.2 Å². The molecule has 1 aromatic rings. The normalized spacial score (nSPS) is 14.6. The number of nitrogens with one attached hydrogen (secondary N) is 1. The van der Waals surface area contributed by atoms with E-state index in [2.05, 4.69) is 5.32 Å². The topological polar surface area (TPSA) is 41.5 Å². The van der Waals surface area contributed by atoms with E-state index < -0.39 is 11.9 Å². The zero-order valence-corrected chi connectivity index (χ0v) is 11.7. The lowest BCUT2D eigenvalue weighted by molar-refractivity contribution is 0.0630. The van der Waals surface area contributed by atoms with Crippen molar-refractivity contribution in [2.45, 2.75) is 19.1 Å². The molecule has 1 aromatic carbocycles. The van der Waals surface area contributed by atoms with Crippen molar-refractivity contribution in [2.75, 3.05) is 20.3 Å².